The van der Waals surface area contributed by atoms with Gasteiger partial charge in [-0.25, -0.2) is 4.98 Å². The van der Waals surface area contributed by atoms with Crippen LogP contribution in [0.2, 0.25) is 5.02 Å². The molecule has 1 fully saturated rings. The Kier molecular flexibility index (Phi) is 2.68. The standard InChI is InChI=1S/C14H15ClN2O/c1-14(18)7-8-17(9-14)13-6-5-10-11(15)3-2-4-12(10)16-13/h2-6,18H,7-9H2,1H3. The molecule has 1 aliphatic heterocycles. The first kappa shape index (κ1) is 11.8. The third-order valence-electron chi connectivity index (χ3n) is 3.44. The summed E-state index contributed by atoms with van der Waals surface area (Å²) in [6, 6.07) is 9.69. The van der Waals surface area contributed by atoms with E-state index in [2.05, 4.69) is 9.88 Å². The highest BCUT2D eigenvalue weighted by molar-refractivity contribution is 6.35. The van der Waals surface area contributed by atoms with Crippen LogP contribution in [-0.2, 0) is 0 Å². The third-order valence-corrected chi connectivity index (χ3v) is 3.77. The van der Waals surface area contributed by atoms with Crippen molar-refractivity contribution in [3.8, 4) is 0 Å². The van der Waals surface area contributed by atoms with Crippen LogP contribution < -0.4 is 4.90 Å². The molecule has 1 aliphatic rings. The zero-order valence-corrected chi connectivity index (χ0v) is 11.0. The first-order valence-corrected chi connectivity index (χ1v) is 6.46. The molecular formula is C14H15ClN2O. The molecule has 3 rings (SSSR count). The molecule has 1 unspecified atom stereocenters. The van der Waals surface area contributed by atoms with E-state index in [1.165, 1.54) is 0 Å². The number of hydrogen-bond donors (Lipinski definition) is 1. The fourth-order valence-electron chi connectivity index (χ4n) is 2.42. The van der Waals surface area contributed by atoms with Crippen LogP contribution >= 0.6 is 11.6 Å². The van der Waals surface area contributed by atoms with E-state index in [9.17, 15) is 5.11 Å². The molecule has 1 aromatic carbocycles. The lowest BCUT2D eigenvalue weighted by molar-refractivity contribution is 0.0839. The maximum absolute atomic E-state index is 9.99. The molecular weight excluding hydrogens is 248 g/mol. The Morgan fingerprint density at radius 2 is 2.17 bits per heavy atom. The molecule has 0 amide bonds. The number of hydrogen-bond acceptors (Lipinski definition) is 3. The van der Waals surface area contributed by atoms with Crippen molar-refractivity contribution in [1.29, 1.82) is 0 Å². The molecule has 4 heteroatoms. The number of rotatable bonds is 1. The number of halogens is 1. The normalized spacial score (nSPS) is 23.8. The van der Waals surface area contributed by atoms with Gasteiger partial charge in [-0.05, 0) is 37.6 Å². The number of pyridine rings is 1. The number of anilines is 1. The summed E-state index contributed by atoms with van der Waals surface area (Å²) in [5, 5.41) is 11.7. The highest BCUT2D eigenvalue weighted by Crippen LogP contribution is 2.28. The number of aromatic nitrogens is 1. The Morgan fingerprint density at radius 3 is 2.89 bits per heavy atom. The van der Waals surface area contributed by atoms with Crippen molar-refractivity contribution in [1.82, 2.24) is 4.98 Å². The summed E-state index contributed by atoms with van der Waals surface area (Å²) >= 11 is 6.12. The molecule has 2 aromatic rings. The molecule has 3 nitrogen and oxygen atoms in total. The van der Waals surface area contributed by atoms with Crippen LogP contribution in [0.1, 0.15) is 13.3 Å². The van der Waals surface area contributed by atoms with Crippen molar-refractivity contribution in [2.45, 2.75) is 18.9 Å². The first-order chi connectivity index (χ1) is 8.55. The van der Waals surface area contributed by atoms with Gasteiger partial charge >= 0.3 is 0 Å². The number of benzene rings is 1. The summed E-state index contributed by atoms with van der Waals surface area (Å²) in [5.74, 6) is 0.905. The molecule has 2 heterocycles. The first-order valence-electron chi connectivity index (χ1n) is 6.08. The highest BCUT2D eigenvalue weighted by Gasteiger charge is 2.31. The van der Waals surface area contributed by atoms with Gasteiger partial charge in [0, 0.05) is 23.5 Å². The number of β-amino-alcohol motifs (C(OH)–C–C–N with tert-alkyl or cyclic N) is 1. The fourth-order valence-corrected chi connectivity index (χ4v) is 2.66. The molecule has 1 atom stereocenters. The quantitative estimate of drug-likeness (QED) is 0.859. The van der Waals surface area contributed by atoms with Gasteiger partial charge in [-0.2, -0.15) is 0 Å². The van der Waals surface area contributed by atoms with E-state index in [-0.39, 0.29) is 0 Å². The predicted molar refractivity (Wildman–Crippen MR) is 74.2 cm³/mol. The predicted octanol–water partition coefficient (Wildman–Crippen LogP) is 2.85. The third kappa shape index (κ3) is 2.04. The van der Waals surface area contributed by atoms with Gasteiger partial charge in [0.1, 0.15) is 5.82 Å². The van der Waals surface area contributed by atoms with Gasteiger partial charge in [0.25, 0.3) is 0 Å². The van der Waals surface area contributed by atoms with Gasteiger partial charge < -0.3 is 10.0 Å². The van der Waals surface area contributed by atoms with E-state index in [1.54, 1.807) is 0 Å². The summed E-state index contributed by atoms with van der Waals surface area (Å²) in [5.41, 5.74) is 0.289. The Hall–Kier alpha value is -1.32. The Bertz CT molecular complexity index is 597. The summed E-state index contributed by atoms with van der Waals surface area (Å²) in [4.78, 5) is 6.73. The van der Waals surface area contributed by atoms with E-state index >= 15 is 0 Å². The van der Waals surface area contributed by atoms with Crippen molar-refractivity contribution in [3.05, 3.63) is 35.4 Å². The monoisotopic (exact) mass is 262 g/mol. The number of fused-ring (bicyclic) bond motifs is 1. The lowest BCUT2D eigenvalue weighted by Gasteiger charge is -2.20. The minimum Gasteiger partial charge on any atom is -0.388 e. The molecule has 94 valence electrons. The van der Waals surface area contributed by atoms with E-state index in [1.807, 2.05) is 37.3 Å². The van der Waals surface area contributed by atoms with Crippen molar-refractivity contribution in [2.75, 3.05) is 18.0 Å². The highest BCUT2D eigenvalue weighted by atomic mass is 35.5. The second-order valence-electron chi connectivity index (χ2n) is 5.14. The van der Waals surface area contributed by atoms with E-state index in [4.69, 9.17) is 11.6 Å². The van der Waals surface area contributed by atoms with Crippen molar-refractivity contribution < 1.29 is 5.11 Å². The summed E-state index contributed by atoms with van der Waals surface area (Å²) < 4.78 is 0. The maximum atomic E-state index is 9.99. The lowest BCUT2D eigenvalue weighted by atomic mass is 10.1. The van der Waals surface area contributed by atoms with E-state index in [0.717, 1.165) is 34.7 Å². The molecule has 0 saturated carbocycles. The van der Waals surface area contributed by atoms with Gasteiger partial charge in [0.05, 0.1) is 11.1 Å². The zero-order chi connectivity index (χ0) is 12.8. The van der Waals surface area contributed by atoms with Crippen LogP contribution in [0.5, 0.6) is 0 Å². The van der Waals surface area contributed by atoms with Gasteiger partial charge in [-0.3, -0.25) is 0 Å². The van der Waals surface area contributed by atoms with E-state index < -0.39 is 5.60 Å². The minimum atomic E-state index is -0.606. The molecule has 1 N–H and O–H groups in total. The van der Waals surface area contributed by atoms with Gasteiger partial charge in [0.15, 0.2) is 0 Å². The summed E-state index contributed by atoms with van der Waals surface area (Å²) in [7, 11) is 0. The molecule has 18 heavy (non-hydrogen) atoms. The Labute approximate surface area is 111 Å². The lowest BCUT2D eigenvalue weighted by Crippen LogP contribution is -2.29. The van der Waals surface area contributed by atoms with Crippen LogP contribution in [0.3, 0.4) is 0 Å². The average Bonchev–Trinajstić information content (AvgIpc) is 2.70. The molecule has 0 radical (unpaired) electrons. The van der Waals surface area contributed by atoms with Crippen LogP contribution in [0.15, 0.2) is 30.3 Å². The van der Waals surface area contributed by atoms with Gasteiger partial charge in [-0.1, -0.05) is 17.7 Å². The largest absolute Gasteiger partial charge is 0.388 e. The molecule has 1 saturated heterocycles. The summed E-state index contributed by atoms with van der Waals surface area (Å²) in [6.45, 7) is 3.34. The zero-order valence-electron chi connectivity index (χ0n) is 10.2. The number of aliphatic hydroxyl groups is 1. The average molecular weight is 263 g/mol. The second-order valence-corrected chi connectivity index (χ2v) is 5.55. The van der Waals surface area contributed by atoms with Crippen molar-refractivity contribution >= 4 is 28.3 Å². The second kappa shape index (κ2) is 4.11. The molecule has 0 aliphatic carbocycles. The van der Waals surface area contributed by atoms with Crippen molar-refractivity contribution in [2.24, 2.45) is 0 Å². The van der Waals surface area contributed by atoms with Gasteiger partial charge in [-0.15, -0.1) is 0 Å². The smallest absolute Gasteiger partial charge is 0.129 e. The number of nitrogens with zero attached hydrogens (tertiary/aromatic N) is 2. The van der Waals surface area contributed by atoms with Crippen LogP contribution in [0.4, 0.5) is 5.82 Å². The van der Waals surface area contributed by atoms with Crippen LogP contribution in [0.25, 0.3) is 10.9 Å². The maximum Gasteiger partial charge on any atom is 0.129 e. The Morgan fingerprint density at radius 1 is 1.33 bits per heavy atom. The molecule has 0 spiro atoms. The minimum absolute atomic E-state index is 0.606. The fraction of sp³-hybridized carbons (Fsp3) is 0.357. The SMILES string of the molecule is CC1(O)CCN(c2ccc3c(Cl)cccc3n2)C1. The van der Waals surface area contributed by atoms with Gasteiger partial charge in [0.2, 0.25) is 0 Å². The van der Waals surface area contributed by atoms with E-state index in [0.29, 0.717) is 6.54 Å². The van der Waals surface area contributed by atoms with Crippen molar-refractivity contribution in [3.63, 3.8) is 0 Å². The topological polar surface area (TPSA) is 36.4 Å². The van der Waals surface area contributed by atoms with Crippen LogP contribution in [0, 0.1) is 0 Å². The van der Waals surface area contributed by atoms with Crippen LogP contribution in [-0.4, -0.2) is 28.8 Å². The molecule has 1 aromatic heterocycles. The summed E-state index contributed by atoms with van der Waals surface area (Å²) in [6.07, 6.45) is 0.780. The molecule has 0 bridgehead atoms. The Balaban J connectivity index is 1.99.